The van der Waals surface area contributed by atoms with Gasteiger partial charge in [0.1, 0.15) is 17.0 Å². The van der Waals surface area contributed by atoms with Crippen LogP contribution in [-0.4, -0.2) is 23.1 Å². The van der Waals surface area contributed by atoms with Crippen molar-refractivity contribution in [3.8, 4) is 0 Å². The third-order valence-corrected chi connectivity index (χ3v) is 6.03. The minimum Gasteiger partial charge on any atom is -0.358 e. The highest BCUT2D eigenvalue weighted by Crippen LogP contribution is 2.49. The van der Waals surface area contributed by atoms with Gasteiger partial charge < -0.3 is 9.84 Å². The second-order valence-corrected chi connectivity index (χ2v) is 7.32. The fourth-order valence-electron chi connectivity index (χ4n) is 4.44. The van der Waals surface area contributed by atoms with Gasteiger partial charge in [0.25, 0.3) is 0 Å². The van der Waals surface area contributed by atoms with Crippen LogP contribution < -0.4 is 5.32 Å². The summed E-state index contributed by atoms with van der Waals surface area (Å²) in [4.78, 5) is 16.9. The van der Waals surface area contributed by atoms with Crippen molar-refractivity contribution in [3.63, 3.8) is 0 Å². The second kappa shape index (κ2) is 6.14. The van der Waals surface area contributed by atoms with Crippen LogP contribution in [0, 0.1) is 11.6 Å². The third-order valence-electron chi connectivity index (χ3n) is 6.03. The number of nitrogens with one attached hydrogen (secondary N) is 1. The van der Waals surface area contributed by atoms with E-state index >= 15 is 0 Å². The Morgan fingerprint density at radius 3 is 2.31 bits per heavy atom. The zero-order valence-corrected chi connectivity index (χ0v) is 14.6. The summed E-state index contributed by atoms with van der Waals surface area (Å²) in [6, 6.07) is 3.88. The molecule has 0 radical (unpaired) electrons. The molecule has 1 amide bonds. The SMILES string of the molecule is CNC(=O)C1(c2nc(C3(c4c(F)cccc4F)CCCC3)no2)CCC1. The van der Waals surface area contributed by atoms with Crippen molar-refractivity contribution in [2.75, 3.05) is 7.05 Å². The smallest absolute Gasteiger partial charge is 0.242 e. The van der Waals surface area contributed by atoms with E-state index < -0.39 is 22.5 Å². The lowest BCUT2D eigenvalue weighted by Gasteiger charge is -2.36. The van der Waals surface area contributed by atoms with E-state index in [1.54, 1.807) is 7.05 Å². The monoisotopic (exact) mass is 361 g/mol. The first kappa shape index (κ1) is 17.1. The highest BCUT2D eigenvalue weighted by Gasteiger charge is 2.52. The molecule has 2 aromatic rings. The summed E-state index contributed by atoms with van der Waals surface area (Å²) < 4.78 is 34.6. The average Bonchev–Trinajstić information content (AvgIpc) is 3.24. The normalized spacial score (nSPS) is 20.6. The van der Waals surface area contributed by atoms with Gasteiger partial charge in [0.2, 0.25) is 11.8 Å². The Hall–Kier alpha value is -2.31. The molecule has 1 aromatic heterocycles. The van der Waals surface area contributed by atoms with E-state index in [1.165, 1.54) is 18.2 Å². The molecule has 4 rings (SSSR count). The van der Waals surface area contributed by atoms with E-state index in [9.17, 15) is 13.6 Å². The number of rotatable bonds is 4. The van der Waals surface area contributed by atoms with Crippen molar-refractivity contribution in [1.82, 2.24) is 15.5 Å². The van der Waals surface area contributed by atoms with Crippen LogP contribution in [0.25, 0.3) is 0 Å². The molecule has 5 nitrogen and oxygen atoms in total. The second-order valence-electron chi connectivity index (χ2n) is 7.32. The summed E-state index contributed by atoms with van der Waals surface area (Å²) in [6.45, 7) is 0. The minimum atomic E-state index is -0.940. The maximum Gasteiger partial charge on any atom is 0.242 e. The Morgan fingerprint density at radius 2 is 1.77 bits per heavy atom. The molecule has 2 aliphatic rings. The Balaban J connectivity index is 1.81. The molecular formula is C19H21F2N3O2. The van der Waals surface area contributed by atoms with E-state index in [4.69, 9.17) is 4.52 Å². The van der Waals surface area contributed by atoms with Gasteiger partial charge in [-0.15, -0.1) is 0 Å². The largest absolute Gasteiger partial charge is 0.358 e. The van der Waals surface area contributed by atoms with Gasteiger partial charge in [-0.1, -0.05) is 30.5 Å². The number of carbonyl (C=O) groups is 1. The molecule has 0 aliphatic heterocycles. The van der Waals surface area contributed by atoms with Gasteiger partial charge in [0.15, 0.2) is 5.82 Å². The number of aromatic nitrogens is 2. The van der Waals surface area contributed by atoms with Crippen LogP contribution in [-0.2, 0) is 15.6 Å². The first-order valence-electron chi connectivity index (χ1n) is 9.05. The maximum absolute atomic E-state index is 14.5. The fraction of sp³-hybridized carbons (Fsp3) is 0.526. The molecule has 0 atom stereocenters. The van der Waals surface area contributed by atoms with Crippen LogP contribution in [0.5, 0.6) is 0 Å². The van der Waals surface area contributed by atoms with Crippen LogP contribution in [0.4, 0.5) is 8.78 Å². The number of amides is 1. The fourth-order valence-corrected chi connectivity index (χ4v) is 4.44. The van der Waals surface area contributed by atoms with Crippen LogP contribution in [0.1, 0.15) is 62.2 Å². The number of halogens is 2. The number of nitrogens with zero attached hydrogens (tertiary/aromatic N) is 2. The molecule has 0 bridgehead atoms. The lowest BCUT2D eigenvalue weighted by Crippen LogP contribution is -2.48. The lowest BCUT2D eigenvalue weighted by molar-refractivity contribution is -0.130. The maximum atomic E-state index is 14.5. The van der Waals surface area contributed by atoms with Gasteiger partial charge >= 0.3 is 0 Å². The zero-order chi connectivity index (χ0) is 18.4. The van der Waals surface area contributed by atoms with Gasteiger partial charge in [-0.05, 0) is 37.8 Å². The summed E-state index contributed by atoms with van der Waals surface area (Å²) in [5, 5.41) is 6.75. The van der Waals surface area contributed by atoms with Gasteiger partial charge in [-0.3, -0.25) is 4.79 Å². The Kier molecular flexibility index (Phi) is 4.04. The molecule has 2 aliphatic carbocycles. The first-order chi connectivity index (χ1) is 12.5. The highest BCUT2D eigenvalue weighted by atomic mass is 19.1. The topological polar surface area (TPSA) is 68.0 Å². The van der Waals surface area contributed by atoms with Gasteiger partial charge in [-0.25, -0.2) is 8.78 Å². The van der Waals surface area contributed by atoms with Crippen molar-refractivity contribution in [2.45, 2.75) is 55.8 Å². The van der Waals surface area contributed by atoms with Crippen LogP contribution in [0.15, 0.2) is 22.7 Å². The van der Waals surface area contributed by atoms with Crippen molar-refractivity contribution in [3.05, 3.63) is 47.1 Å². The summed E-state index contributed by atoms with van der Waals surface area (Å²) in [7, 11) is 1.58. The Labute approximate surface area is 150 Å². The molecule has 26 heavy (non-hydrogen) atoms. The van der Waals surface area contributed by atoms with Crippen LogP contribution in [0.3, 0.4) is 0 Å². The first-order valence-corrected chi connectivity index (χ1v) is 9.05. The van der Waals surface area contributed by atoms with Crippen LogP contribution >= 0.6 is 0 Å². The molecule has 1 heterocycles. The molecule has 2 saturated carbocycles. The number of hydrogen-bond acceptors (Lipinski definition) is 4. The van der Waals surface area contributed by atoms with Crippen molar-refractivity contribution in [2.24, 2.45) is 0 Å². The highest BCUT2D eigenvalue weighted by molar-refractivity contribution is 5.87. The van der Waals surface area contributed by atoms with Crippen molar-refractivity contribution < 1.29 is 18.1 Å². The lowest BCUT2D eigenvalue weighted by atomic mass is 9.68. The summed E-state index contributed by atoms with van der Waals surface area (Å²) in [5.74, 6) is -0.812. The van der Waals surface area contributed by atoms with E-state index in [0.29, 0.717) is 25.7 Å². The van der Waals surface area contributed by atoms with E-state index in [0.717, 1.165) is 19.3 Å². The van der Waals surface area contributed by atoms with Crippen molar-refractivity contribution >= 4 is 5.91 Å². The quantitative estimate of drug-likeness (QED) is 0.907. The summed E-state index contributed by atoms with van der Waals surface area (Å²) >= 11 is 0. The summed E-state index contributed by atoms with van der Waals surface area (Å²) in [5.41, 5.74) is -1.74. The third kappa shape index (κ3) is 2.29. The van der Waals surface area contributed by atoms with Gasteiger partial charge in [-0.2, -0.15) is 4.98 Å². The van der Waals surface area contributed by atoms with Crippen molar-refractivity contribution in [1.29, 1.82) is 0 Å². The number of benzene rings is 1. The summed E-state index contributed by atoms with van der Waals surface area (Å²) in [6.07, 6.45) is 4.94. The van der Waals surface area contributed by atoms with E-state index in [2.05, 4.69) is 15.5 Å². The van der Waals surface area contributed by atoms with E-state index in [-0.39, 0.29) is 23.2 Å². The Bertz CT molecular complexity index is 819. The Morgan fingerprint density at radius 1 is 1.12 bits per heavy atom. The molecule has 1 N–H and O–H groups in total. The standard InChI is InChI=1S/C19H21F2N3O2/c1-22-16(25)19(10-5-11-19)17-23-15(24-26-17)18(8-2-3-9-18)14-12(20)6-4-7-13(14)21/h4,6-7H,2-3,5,8-11H2,1H3,(H,22,25). The van der Waals surface area contributed by atoms with Gasteiger partial charge in [0, 0.05) is 12.6 Å². The van der Waals surface area contributed by atoms with E-state index in [1.807, 2.05) is 0 Å². The molecule has 0 spiro atoms. The average molecular weight is 361 g/mol. The predicted molar refractivity (Wildman–Crippen MR) is 89.5 cm³/mol. The molecule has 0 unspecified atom stereocenters. The van der Waals surface area contributed by atoms with Crippen LogP contribution in [0.2, 0.25) is 0 Å². The molecule has 138 valence electrons. The number of likely N-dealkylation sites (N-methyl/N-ethyl adjacent to an activating group) is 1. The molecule has 7 heteroatoms. The molecule has 1 aromatic carbocycles. The number of carbonyl (C=O) groups excluding carboxylic acids is 1. The molecule has 2 fully saturated rings. The molecule has 0 saturated heterocycles. The predicted octanol–water partition coefficient (Wildman–Crippen LogP) is 3.38. The zero-order valence-electron chi connectivity index (χ0n) is 14.6. The number of hydrogen-bond donors (Lipinski definition) is 1. The van der Waals surface area contributed by atoms with Gasteiger partial charge in [0.05, 0.1) is 5.41 Å². The minimum absolute atomic E-state index is 0.00690. The molecular weight excluding hydrogens is 340 g/mol.